The zero-order valence-electron chi connectivity index (χ0n) is 23.9. The number of fused-ring (bicyclic) bond motifs is 1. The molecule has 2 atom stereocenters. The van der Waals surface area contributed by atoms with Crippen LogP contribution in [-0.2, 0) is 19.6 Å². The molecule has 4 aromatic rings. The predicted molar refractivity (Wildman–Crippen MR) is 161 cm³/mol. The molecule has 0 saturated heterocycles. The van der Waals surface area contributed by atoms with E-state index in [1.54, 1.807) is 51.1 Å². The third-order valence-electron chi connectivity index (χ3n) is 6.82. The van der Waals surface area contributed by atoms with Gasteiger partial charge in [0.05, 0.1) is 22.6 Å². The Bertz CT molecular complexity index is 1790. The molecule has 2 aromatic carbocycles. The lowest BCUT2D eigenvalue weighted by molar-refractivity contribution is -0.155. The Morgan fingerprint density at radius 1 is 1.09 bits per heavy atom. The summed E-state index contributed by atoms with van der Waals surface area (Å²) in [6, 6.07) is 9.28. The van der Waals surface area contributed by atoms with E-state index >= 15 is 8.78 Å². The summed E-state index contributed by atoms with van der Waals surface area (Å²) in [5, 5.41) is 0.722. The number of nitrogens with two attached hydrogens (primary N) is 1. The average molecular weight is 633 g/mol. The summed E-state index contributed by atoms with van der Waals surface area (Å²) in [4.78, 5) is 30.9. The Hall–Kier alpha value is -3.87. The Morgan fingerprint density at radius 3 is 2.40 bits per heavy atom. The van der Waals surface area contributed by atoms with E-state index < -0.39 is 56.9 Å². The second kappa shape index (κ2) is 12.8. The van der Waals surface area contributed by atoms with Crippen molar-refractivity contribution in [2.75, 3.05) is 10.5 Å². The fraction of sp³-hybridized carbons (Fsp3) is 0.300. The largest absolute Gasteiger partial charge is 0.440 e. The summed E-state index contributed by atoms with van der Waals surface area (Å²) < 4.78 is 64.3. The molecule has 0 aliphatic rings. The van der Waals surface area contributed by atoms with E-state index in [2.05, 4.69) is 9.71 Å². The predicted octanol–water partition coefficient (Wildman–Crippen LogP) is 6.06. The Balaban J connectivity index is 1.87. The van der Waals surface area contributed by atoms with E-state index in [0.717, 1.165) is 12.1 Å². The number of anilines is 1. The standard InChI is InChI=1S/C30H31ClF2N4O5S/c1-5-12-43(40,41)36-24-11-10-23(32)25(26(24)33)28(38)22-15-37(17(4)42-30(39)27(34)16(2)3)29-21(22)13-19(14-35-29)18-6-8-20(31)9-7-18/h6-11,13-17,27,36H,5,12,34H2,1-4H3. The lowest BCUT2D eigenvalue weighted by atomic mass is 10.00. The van der Waals surface area contributed by atoms with E-state index in [1.165, 1.54) is 23.9 Å². The van der Waals surface area contributed by atoms with E-state index in [0.29, 0.717) is 16.1 Å². The highest BCUT2D eigenvalue weighted by Gasteiger charge is 2.29. The quantitative estimate of drug-likeness (QED) is 0.152. The number of halogens is 3. The summed E-state index contributed by atoms with van der Waals surface area (Å²) in [6.45, 7) is 6.69. The number of carbonyl (C=O) groups excluding carboxylic acids is 2. The highest BCUT2D eigenvalue weighted by molar-refractivity contribution is 7.92. The zero-order chi connectivity index (χ0) is 31.6. The molecule has 9 nitrogen and oxygen atoms in total. The fourth-order valence-corrected chi connectivity index (χ4v) is 5.68. The first-order valence-corrected chi connectivity index (χ1v) is 15.5. The molecule has 0 fully saturated rings. The van der Waals surface area contributed by atoms with Crippen molar-refractivity contribution in [3.63, 3.8) is 0 Å². The van der Waals surface area contributed by atoms with E-state index in [9.17, 15) is 18.0 Å². The molecule has 13 heteroatoms. The van der Waals surface area contributed by atoms with Crippen molar-refractivity contribution in [1.29, 1.82) is 0 Å². The first-order valence-electron chi connectivity index (χ1n) is 13.5. The summed E-state index contributed by atoms with van der Waals surface area (Å²) >= 11 is 6.02. The SMILES string of the molecule is CCCS(=O)(=O)Nc1ccc(F)c(C(=O)c2cn(C(C)OC(=O)C(N)C(C)C)c3ncc(-c4ccc(Cl)cc4)cc23)c1F. The Morgan fingerprint density at radius 2 is 1.77 bits per heavy atom. The molecule has 228 valence electrons. The molecule has 2 aromatic heterocycles. The highest BCUT2D eigenvalue weighted by atomic mass is 35.5. The number of rotatable bonds is 11. The van der Waals surface area contributed by atoms with E-state index in [-0.39, 0.29) is 34.7 Å². The average Bonchev–Trinajstić information content (AvgIpc) is 3.33. The number of nitrogens with one attached hydrogen (secondary N) is 1. The van der Waals surface area contributed by atoms with Gasteiger partial charge in [-0.3, -0.25) is 18.9 Å². The number of sulfonamides is 1. The van der Waals surface area contributed by atoms with Crippen LogP contribution in [-0.4, -0.2) is 41.5 Å². The van der Waals surface area contributed by atoms with Gasteiger partial charge in [0.2, 0.25) is 15.8 Å². The summed E-state index contributed by atoms with van der Waals surface area (Å²) in [5.41, 5.74) is 5.74. The molecule has 2 heterocycles. The van der Waals surface area contributed by atoms with Gasteiger partial charge in [0, 0.05) is 28.4 Å². The molecule has 0 aliphatic carbocycles. The maximum absolute atomic E-state index is 15.6. The number of hydrogen-bond donors (Lipinski definition) is 2. The van der Waals surface area contributed by atoms with E-state index in [4.69, 9.17) is 22.1 Å². The second-order valence-corrected chi connectivity index (χ2v) is 12.7. The van der Waals surface area contributed by atoms with Gasteiger partial charge in [0.25, 0.3) is 0 Å². The molecule has 43 heavy (non-hydrogen) atoms. The maximum atomic E-state index is 15.6. The lowest BCUT2D eigenvalue weighted by Crippen LogP contribution is -2.38. The van der Waals surface area contributed by atoms with Crippen molar-refractivity contribution in [2.45, 2.75) is 46.4 Å². The van der Waals surface area contributed by atoms with Crippen LogP contribution in [0.3, 0.4) is 0 Å². The van der Waals surface area contributed by atoms with Gasteiger partial charge in [-0.2, -0.15) is 0 Å². The number of ether oxygens (including phenoxy) is 1. The van der Waals surface area contributed by atoms with Gasteiger partial charge in [0.15, 0.2) is 12.0 Å². The lowest BCUT2D eigenvalue weighted by Gasteiger charge is -2.20. The summed E-state index contributed by atoms with van der Waals surface area (Å²) in [5.74, 6) is -4.80. The summed E-state index contributed by atoms with van der Waals surface area (Å²) in [6.07, 6.45) is 2.08. The number of ketones is 1. The van der Waals surface area contributed by atoms with Crippen LogP contribution in [0.15, 0.2) is 54.9 Å². The maximum Gasteiger partial charge on any atom is 0.325 e. The normalized spacial score (nSPS) is 13.2. The third kappa shape index (κ3) is 6.87. The molecule has 3 N–H and O–H groups in total. The van der Waals surface area contributed by atoms with Crippen molar-refractivity contribution in [3.8, 4) is 11.1 Å². The van der Waals surface area contributed by atoms with Crippen LogP contribution in [0.25, 0.3) is 22.2 Å². The van der Waals surface area contributed by atoms with Crippen LogP contribution in [0.5, 0.6) is 0 Å². The van der Waals surface area contributed by atoms with Gasteiger partial charge in [0.1, 0.15) is 17.5 Å². The first-order chi connectivity index (χ1) is 20.2. The topological polar surface area (TPSA) is 133 Å². The number of nitrogens with zero attached hydrogens (tertiary/aromatic N) is 2. The molecular weight excluding hydrogens is 602 g/mol. The minimum absolute atomic E-state index is 0.152. The molecular formula is C30H31ClF2N4O5S. The van der Waals surface area contributed by atoms with Gasteiger partial charge in [-0.05, 0) is 55.2 Å². The van der Waals surface area contributed by atoms with Gasteiger partial charge >= 0.3 is 5.97 Å². The minimum atomic E-state index is -3.94. The van der Waals surface area contributed by atoms with Crippen LogP contribution in [0.1, 0.15) is 56.3 Å². The van der Waals surface area contributed by atoms with Crippen LogP contribution in [0.4, 0.5) is 14.5 Å². The van der Waals surface area contributed by atoms with Crippen molar-refractivity contribution in [3.05, 3.63) is 82.6 Å². The van der Waals surface area contributed by atoms with Crippen LogP contribution >= 0.6 is 11.6 Å². The number of aromatic nitrogens is 2. The zero-order valence-corrected chi connectivity index (χ0v) is 25.5. The third-order valence-corrected chi connectivity index (χ3v) is 8.55. The van der Waals surface area contributed by atoms with Crippen molar-refractivity contribution in [2.24, 2.45) is 11.7 Å². The van der Waals surface area contributed by atoms with Crippen molar-refractivity contribution in [1.82, 2.24) is 9.55 Å². The molecule has 0 saturated carbocycles. The monoisotopic (exact) mass is 632 g/mol. The van der Waals surface area contributed by atoms with E-state index in [1.807, 2.05) is 0 Å². The highest BCUT2D eigenvalue weighted by Crippen LogP contribution is 2.33. The van der Waals surface area contributed by atoms with Gasteiger partial charge in [-0.1, -0.05) is 44.5 Å². The second-order valence-electron chi connectivity index (χ2n) is 10.4. The molecule has 0 radical (unpaired) electrons. The number of esters is 1. The number of carbonyl (C=O) groups is 2. The molecule has 0 spiro atoms. The van der Waals surface area contributed by atoms with Gasteiger partial charge < -0.3 is 10.5 Å². The fourth-order valence-electron chi connectivity index (χ4n) is 4.43. The number of pyridine rings is 1. The molecule has 2 unspecified atom stereocenters. The number of hydrogen-bond acceptors (Lipinski definition) is 7. The summed E-state index contributed by atoms with van der Waals surface area (Å²) in [7, 11) is -3.94. The minimum Gasteiger partial charge on any atom is -0.440 e. The smallest absolute Gasteiger partial charge is 0.325 e. The molecule has 4 rings (SSSR count). The van der Waals surface area contributed by atoms with Gasteiger partial charge in [-0.25, -0.2) is 22.2 Å². The molecule has 0 aliphatic heterocycles. The van der Waals surface area contributed by atoms with Crippen LogP contribution in [0.2, 0.25) is 5.02 Å². The van der Waals surface area contributed by atoms with Gasteiger partial charge in [-0.15, -0.1) is 0 Å². The first kappa shape index (κ1) is 32.1. The van der Waals surface area contributed by atoms with Crippen LogP contribution in [0, 0.1) is 17.6 Å². The van der Waals surface area contributed by atoms with Crippen LogP contribution < -0.4 is 10.5 Å². The Labute approximate surface area is 253 Å². The van der Waals surface area contributed by atoms with Crippen molar-refractivity contribution < 1.29 is 31.5 Å². The molecule has 0 bridgehead atoms. The number of benzene rings is 2. The van der Waals surface area contributed by atoms with Crippen molar-refractivity contribution >= 4 is 50.1 Å². The molecule has 0 amide bonds. The Kier molecular flexibility index (Phi) is 9.53.